The van der Waals surface area contributed by atoms with E-state index in [0.29, 0.717) is 24.0 Å². The number of carbonyl (C=O) groups is 1. The molecule has 3 nitrogen and oxygen atoms in total. The van der Waals surface area contributed by atoms with Crippen molar-refractivity contribution >= 4 is 5.97 Å². The largest absolute Gasteiger partial charge is 0.506 e. The number of rotatable bonds is 6. The van der Waals surface area contributed by atoms with Crippen molar-refractivity contribution in [1.29, 1.82) is 0 Å². The molecule has 3 heteroatoms. The van der Waals surface area contributed by atoms with Crippen LogP contribution in [0.1, 0.15) is 37.6 Å². The van der Waals surface area contributed by atoms with Gasteiger partial charge in [0.05, 0.1) is 6.61 Å². The zero-order valence-electron chi connectivity index (χ0n) is 14.0. The third-order valence-electron chi connectivity index (χ3n) is 3.71. The van der Waals surface area contributed by atoms with Gasteiger partial charge in [0, 0.05) is 5.56 Å². The Morgan fingerprint density at radius 3 is 2.39 bits per heavy atom. The second kappa shape index (κ2) is 7.82. The molecule has 0 spiro atoms. The fourth-order valence-corrected chi connectivity index (χ4v) is 2.73. The molecule has 0 radical (unpaired) electrons. The summed E-state index contributed by atoms with van der Waals surface area (Å²) in [5.74, 6) is 0.369. The van der Waals surface area contributed by atoms with Crippen LogP contribution in [0.4, 0.5) is 0 Å². The van der Waals surface area contributed by atoms with Crippen LogP contribution >= 0.6 is 0 Å². The smallest absolute Gasteiger partial charge is 0.341 e. The molecular formula is C20H24O3. The number of phenolic OH excluding ortho intramolecular Hbond substituents is 1. The van der Waals surface area contributed by atoms with E-state index in [-0.39, 0.29) is 11.3 Å². The highest BCUT2D eigenvalue weighted by Gasteiger charge is 2.17. The normalized spacial score (nSPS) is 12.2. The number of phenols is 1. The van der Waals surface area contributed by atoms with Gasteiger partial charge >= 0.3 is 5.97 Å². The predicted molar refractivity (Wildman–Crippen MR) is 92.4 cm³/mol. The van der Waals surface area contributed by atoms with Crippen molar-refractivity contribution in [3.63, 3.8) is 0 Å². The van der Waals surface area contributed by atoms with Crippen LogP contribution in [0, 0.1) is 11.8 Å². The van der Waals surface area contributed by atoms with E-state index in [1.807, 2.05) is 30.3 Å². The summed E-state index contributed by atoms with van der Waals surface area (Å²) in [6.45, 7) is 6.72. The Morgan fingerprint density at radius 1 is 1.04 bits per heavy atom. The van der Waals surface area contributed by atoms with Gasteiger partial charge in [0.2, 0.25) is 0 Å². The summed E-state index contributed by atoms with van der Waals surface area (Å²) in [5.41, 5.74) is 1.71. The lowest BCUT2D eigenvalue weighted by atomic mass is 10.00. The molecule has 0 aliphatic rings. The topological polar surface area (TPSA) is 46.5 Å². The average Bonchev–Trinajstić information content (AvgIpc) is 2.53. The molecule has 122 valence electrons. The first-order valence-electron chi connectivity index (χ1n) is 8.03. The monoisotopic (exact) mass is 312 g/mol. The first-order valence-corrected chi connectivity index (χ1v) is 8.03. The molecule has 0 heterocycles. The minimum atomic E-state index is -0.476. The lowest BCUT2D eigenvalue weighted by Crippen LogP contribution is -2.14. The van der Waals surface area contributed by atoms with E-state index in [9.17, 15) is 9.90 Å². The summed E-state index contributed by atoms with van der Waals surface area (Å²) in [4.78, 5) is 12.3. The predicted octanol–water partition coefficient (Wildman–Crippen LogP) is 4.90. The van der Waals surface area contributed by atoms with Gasteiger partial charge in [-0.2, -0.15) is 0 Å². The second-order valence-corrected chi connectivity index (χ2v) is 6.40. The van der Waals surface area contributed by atoms with Crippen LogP contribution in [-0.2, 0) is 4.74 Å². The summed E-state index contributed by atoms with van der Waals surface area (Å²) in [7, 11) is 0. The van der Waals surface area contributed by atoms with Gasteiger partial charge in [0.25, 0.3) is 0 Å². The number of ether oxygens (including phenoxy) is 1. The number of esters is 1. The lowest BCUT2D eigenvalue weighted by molar-refractivity contribution is 0.0433. The fourth-order valence-electron chi connectivity index (χ4n) is 2.73. The van der Waals surface area contributed by atoms with Crippen molar-refractivity contribution in [2.24, 2.45) is 11.8 Å². The summed E-state index contributed by atoms with van der Waals surface area (Å²) >= 11 is 0. The Kier molecular flexibility index (Phi) is 5.80. The van der Waals surface area contributed by atoms with E-state index in [0.717, 1.165) is 12.0 Å². The van der Waals surface area contributed by atoms with E-state index >= 15 is 0 Å². The Bertz CT molecular complexity index is 647. The molecule has 0 amide bonds. The molecular weight excluding hydrogens is 288 g/mol. The molecule has 1 atom stereocenters. The maximum absolute atomic E-state index is 12.3. The Hall–Kier alpha value is -2.29. The van der Waals surface area contributed by atoms with Crippen molar-refractivity contribution in [3.05, 3.63) is 54.1 Å². The summed E-state index contributed by atoms with van der Waals surface area (Å²) in [5, 5.41) is 10.4. The third-order valence-corrected chi connectivity index (χ3v) is 3.71. The number of hydrogen-bond acceptors (Lipinski definition) is 3. The molecule has 2 rings (SSSR count). The van der Waals surface area contributed by atoms with Gasteiger partial charge < -0.3 is 9.84 Å². The van der Waals surface area contributed by atoms with E-state index < -0.39 is 5.97 Å². The minimum Gasteiger partial charge on any atom is -0.506 e. The zero-order chi connectivity index (χ0) is 16.8. The molecule has 1 N–H and O–H groups in total. The van der Waals surface area contributed by atoms with Crippen LogP contribution in [-0.4, -0.2) is 17.7 Å². The highest BCUT2D eigenvalue weighted by atomic mass is 16.5. The van der Waals surface area contributed by atoms with E-state index in [4.69, 9.17) is 4.74 Å². The highest BCUT2D eigenvalue weighted by Crippen LogP contribution is 2.32. The lowest BCUT2D eigenvalue weighted by Gasteiger charge is -2.15. The highest BCUT2D eigenvalue weighted by molar-refractivity contribution is 5.95. The quantitative estimate of drug-likeness (QED) is 0.772. The average molecular weight is 312 g/mol. The minimum absolute atomic E-state index is 0.0276. The SMILES string of the molecule is CC(C)CC(C)COC(=O)c1cccc(-c2ccccc2)c1O. The van der Waals surface area contributed by atoms with Gasteiger partial charge in [-0.3, -0.25) is 0 Å². The molecule has 23 heavy (non-hydrogen) atoms. The number of aromatic hydroxyl groups is 1. The second-order valence-electron chi connectivity index (χ2n) is 6.40. The van der Waals surface area contributed by atoms with Gasteiger partial charge in [0.15, 0.2) is 0 Å². The maximum Gasteiger partial charge on any atom is 0.341 e. The number of benzene rings is 2. The molecule has 0 aliphatic heterocycles. The van der Waals surface area contributed by atoms with Crippen molar-refractivity contribution in [3.8, 4) is 16.9 Å². The Balaban J connectivity index is 2.13. The van der Waals surface area contributed by atoms with Crippen molar-refractivity contribution < 1.29 is 14.6 Å². The van der Waals surface area contributed by atoms with Crippen LogP contribution in [0.5, 0.6) is 5.75 Å². The van der Waals surface area contributed by atoms with Crippen LogP contribution in [0.3, 0.4) is 0 Å². The van der Waals surface area contributed by atoms with Crippen LogP contribution < -0.4 is 0 Å². The molecule has 1 unspecified atom stereocenters. The standard InChI is InChI=1S/C20H24O3/c1-14(2)12-15(3)13-23-20(22)18-11-7-10-17(19(18)21)16-8-5-4-6-9-16/h4-11,14-15,21H,12-13H2,1-3H3. The van der Waals surface area contributed by atoms with Gasteiger partial charge in [-0.1, -0.05) is 63.2 Å². The molecule has 0 saturated carbocycles. The van der Waals surface area contributed by atoms with Crippen molar-refractivity contribution in [2.45, 2.75) is 27.2 Å². The molecule has 0 aliphatic carbocycles. The number of para-hydroxylation sites is 1. The summed E-state index contributed by atoms with van der Waals surface area (Å²) < 4.78 is 5.36. The van der Waals surface area contributed by atoms with Gasteiger partial charge in [-0.05, 0) is 29.9 Å². The molecule has 0 saturated heterocycles. The third kappa shape index (κ3) is 4.59. The van der Waals surface area contributed by atoms with Gasteiger partial charge in [0.1, 0.15) is 11.3 Å². The van der Waals surface area contributed by atoms with Crippen LogP contribution in [0.2, 0.25) is 0 Å². The first-order chi connectivity index (χ1) is 11.0. The van der Waals surface area contributed by atoms with E-state index in [1.54, 1.807) is 18.2 Å². The Labute approximate surface area is 137 Å². The van der Waals surface area contributed by atoms with Gasteiger partial charge in [-0.15, -0.1) is 0 Å². The first kappa shape index (κ1) is 17.1. The zero-order valence-corrected chi connectivity index (χ0v) is 14.0. The number of carbonyl (C=O) groups excluding carboxylic acids is 1. The molecule has 0 bridgehead atoms. The molecule has 2 aromatic carbocycles. The Morgan fingerprint density at radius 2 is 1.74 bits per heavy atom. The van der Waals surface area contributed by atoms with Gasteiger partial charge in [-0.25, -0.2) is 4.79 Å². The van der Waals surface area contributed by atoms with Crippen molar-refractivity contribution in [2.75, 3.05) is 6.61 Å². The van der Waals surface area contributed by atoms with Crippen molar-refractivity contribution in [1.82, 2.24) is 0 Å². The molecule has 0 fully saturated rings. The summed E-state index contributed by atoms with van der Waals surface area (Å²) in [6, 6.07) is 14.6. The van der Waals surface area contributed by atoms with Crippen LogP contribution in [0.25, 0.3) is 11.1 Å². The van der Waals surface area contributed by atoms with E-state index in [1.165, 1.54) is 0 Å². The maximum atomic E-state index is 12.3. The van der Waals surface area contributed by atoms with Crippen LogP contribution in [0.15, 0.2) is 48.5 Å². The molecule has 2 aromatic rings. The number of hydrogen-bond donors (Lipinski definition) is 1. The van der Waals surface area contributed by atoms with E-state index in [2.05, 4.69) is 20.8 Å². The summed E-state index contributed by atoms with van der Waals surface area (Å²) in [6.07, 6.45) is 1.00. The fraction of sp³-hybridized carbons (Fsp3) is 0.350. The molecule has 0 aromatic heterocycles.